The summed E-state index contributed by atoms with van der Waals surface area (Å²) in [4.78, 5) is 31.2. The number of aromatic nitrogens is 3. The van der Waals surface area contributed by atoms with Gasteiger partial charge in [-0.2, -0.15) is 5.10 Å². The second-order valence-corrected chi connectivity index (χ2v) is 7.56. The van der Waals surface area contributed by atoms with Crippen LogP contribution in [0.4, 0.5) is 11.4 Å². The van der Waals surface area contributed by atoms with Gasteiger partial charge in [0.2, 0.25) is 5.91 Å². The third-order valence-corrected chi connectivity index (χ3v) is 5.16. The van der Waals surface area contributed by atoms with Crippen LogP contribution in [0.5, 0.6) is 0 Å². The molecule has 3 heterocycles. The molecule has 0 bridgehead atoms. The lowest BCUT2D eigenvalue weighted by Gasteiger charge is -2.22. The number of pyridine rings is 1. The molecule has 2 amide bonds. The molecule has 0 saturated carbocycles. The summed E-state index contributed by atoms with van der Waals surface area (Å²) < 4.78 is 1.82. The zero-order valence-electron chi connectivity index (χ0n) is 16.6. The summed E-state index contributed by atoms with van der Waals surface area (Å²) >= 11 is 0. The lowest BCUT2D eigenvalue weighted by Crippen LogP contribution is -2.22. The fourth-order valence-electron chi connectivity index (χ4n) is 3.66. The zero-order chi connectivity index (χ0) is 20.5. The molecular weight excluding hydrogens is 368 g/mol. The Labute approximate surface area is 168 Å². The molecule has 3 aromatic rings. The second-order valence-electron chi connectivity index (χ2n) is 7.56. The summed E-state index contributed by atoms with van der Waals surface area (Å²) in [7, 11) is 0. The van der Waals surface area contributed by atoms with Crippen LogP contribution in [0.25, 0.3) is 11.0 Å². The fraction of sp³-hybridized carbons (Fsp3) is 0.333. The van der Waals surface area contributed by atoms with Gasteiger partial charge in [-0.1, -0.05) is 0 Å². The SMILES string of the molecule is CC(C)n1ncc2cc(C(=O)Nc3cc(C(N)=O)ccc3N3CCCC3)cnc21. The minimum Gasteiger partial charge on any atom is -0.370 e. The van der Waals surface area contributed by atoms with Crippen LogP contribution in [-0.2, 0) is 0 Å². The Hall–Kier alpha value is -3.42. The van der Waals surface area contributed by atoms with Crippen LogP contribution in [0.3, 0.4) is 0 Å². The van der Waals surface area contributed by atoms with Crippen molar-refractivity contribution in [3.05, 3.63) is 47.8 Å². The number of carbonyl (C=O) groups excluding carboxylic acids is 2. The molecule has 0 atom stereocenters. The maximum atomic E-state index is 12.9. The van der Waals surface area contributed by atoms with E-state index in [9.17, 15) is 9.59 Å². The molecule has 8 heteroatoms. The van der Waals surface area contributed by atoms with Gasteiger partial charge in [-0.05, 0) is 51.0 Å². The van der Waals surface area contributed by atoms with Crippen molar-refractivity contribution >= 4 is 34.2 Å². The highest BCUT2D eigenvalue weighted by Gasteiger charge is 2.19. The molecule has 150 valence electrons. The molecule has 29 heavy (non-hydrogen) atoms. The van der Waals surface area contributed by atoms with E-state index in [-0.39, 0.29) is 11.9 Å². The molecule has 0 spiro atoms. The third-order valence-electron chi connectivity index (χ3n) is 5.16. The van der Waals surface area contributed by atoms with Gasteiger partial charge < -0.3 is 16.0 Å². The van der Waals surface area contributed by atoms with Crippen molar-refractivity contribution in [2.24, 2.45) is 5.73 Å². The molecule has 1 aliphatic heterocycles. The van der Waals surface area contributed by atoms with Gasteiger partial charge in [0.15, 0.2) is 5.65 Å². The van der Waals surface area contributed by atoms with Gasteiger partial charge in [-0.25, -0.2) is 9.67 Å². The van der Waals surface area contributed by atoms with E-state index >= 15 is 0 Å². The van der Waals surface area contributed by atoms with Crippen molar-refractivity contribution in [3.63, 3.8) is 0 Å². The second kappa shape index (κ2) is 7.54. The van der Waals surface area contributed by atoms with Crippen LogP contribution in [0.2, 0.25) is 0 Å². The number of hydrogen-bond acceptors (Lipinski definition) is 5. The number of nitrogens with two attached hydrogens (primary N) is 1. The maximum Gasteiger partial charge on any atom is 0.257 e. The van der Waals surface area contributed by atoms with Crippen molar-refractivity contribution in [2.75, 3.05) is 23.3 Å². The van der Waals surface area contributed by atoms with Crippen LogP contribution in [0.15, 0.2) is 36.7 Å². The molecule has 4 rings (SSSR count). The molecule has 1 fully saturated rings. The average molecular weight is 392 g/mol. The highest BCUT2D eigenvalue weighted by molar-refractivity contribution is 6.08. The first-order chi connectivity index (χ1) is 13.9. The number of rotatable bonds is 5. The lowest BCUT2D eigenvalue weighted by molar-refractivity contribution is 0.0996. The molecule has 8 nitrogen and oxygen atoms in total. The topological polar surface area (TPSA) is 106 Å². The Balaban J connectivity index is 1.65. The number of amides is 2. The van der Waals surface area contributed by atoms with Crippen molar-refractivity contribution < 1.29 is 9.59 Å². The van der Waals surface area contributed by atoms with E-state index in [4.69, 9.17) is 5.73 Å². The van der Waals surface area contributed by atoms with E-state index in [0.717, 1.165) is 42.7 Å². The molecule has 1 aromatic carbocycles. The number of nitrogens with one attached hydrogen (secondary N) is 1. The van der Waals surface area contributed by atoms with Gasteiger partial charge in [-0.3, -0.25) is 9.59 Å². The molecule has 3 N–H and O–H groups in total. The van der Waals surface area contributed by atoms with Crippen LogP contribution in [0, 0.1) is 0 Å². The Morgan fingerprint density at radius 3 is 2.55 bits per heavy atom. The Bertz CT molecular complexity index is 1080. The molecule has 2 aromatic heterocycles. The predicted molar refractivity (Wildman–Crippen MR) is 112 cm³/mol. The summed E-state index contributed by atoms with van der Waals surface area (Å²) in [6.07, 6.45) is 5.46. The molecule has 1 saturated heterocycles. The van der Waals surface area contributed by atoms with Crippen molar-refractivity contribution in [1.29, 1.82) is 0 Å². The maximum absolute atomic E-state index is 12.9. The smallest absolute Gasteiger partial charge is 0.257 e. The van der Waals surface area contributed by atoms with Crippen LogP contribution in [0.1, 0.15) is 53.4 Å². The number of nitrogens with zero attached hydrogens (tertiary/aromatic N) is 4. The van der Waals surface area contributed by atoms with Crippen molar-refractivity contribution in [3.8, 4) is 0 Å². The minimum absolute atomic E-state index is 0.180. The Morgan fingerprint density at radius 1 is 1.10 bits per heavy atom. The van der Waals surface area contributed by atoms with E-state index in [1.54, 1.807) is 30.6 Å². The Kier molecular flexibility index (Phi) is 4.92. The van der Waals surface area contributed by atoms with Crippen molar-refractivity contribution in [1.82, 2.24) is 14.8 Å². The van der Waals surface area contributed by atoms with Gasteiger partial charge in [0, 0.05) is 36.3 Å². The number of primary amides is 1. The van der Waals surface area contributed by atoms with E-state index in [1.807, 2.05) is 24.6 Å². The standard InChI is InChI=1S/C21H24N6O2/c1-13(2)27-20-15(12-24-27)9-16(11-23-20)21(29)25-17-10-14(19(22)28)5-6-18(17)26-7-3-4-8-26/h5-6,9-13H,3-4,7-8H2,1-2H3,(H2,22,28)(H,25,29). The molecule has 1 aliphatic rings. The van der Waals surface area contributed by atoms with E-state index < -0.39 is 5.91 Å². The van der Waals surface area contributed by atoms with Gasteiger partial charge in [-0.15, -0.1) is 0 Å². The summed E-state index contributed by atoms with van der Waals surface area (Å²) in [5.74, 6) is -0.823. The van der Waals surface area contributed by atoms with E-state index in [0.29, 0.717) is 16.8 Å². The van der Waals surface area contributed by atoms with Gasteiger partial charge in [0.25, 0.3) is 5.91 Å². The summed E-state index contributed by atoms with van der Waals surface area (Å²) in [5.41, 5.74) is 8.42. The molecule has 0 aliphatic carbocycles. The first-order valence-corrected chi connectivity index (χ1v) is 9.77. The molecular formula is C21H24N6O2. The van der Waals surface area contributed by atoms with Crippen molar-refractivity contribution in [2.45, 2.75) is 32.7 Å². The number of benzene rings is 1. The highest BCUT2D eigenvalue weighted by atomic mass is 16.2. The highest BCUT2D eigenvalue weighted by Crippen LogP contribution is 2.30. The minimum atomic E-state index is -0.530. The van der Waals surface area contributed by atoms with Gasteiger partial charge in [0.05, 0.1) is 23.1 Å². The number of anilines is 2. The number of carbonyl (C=O) groups is 2. The Morgan fingerprint density at radius 2 is 1.86 bits per heavy atom. The largest absolute Gasteiger partial charge is 0.370 e. The molecule has 0 radical (unpaired) electrons. The normalized spacial score (nSPS) is 14.0. The van der Waals surface area contributed by atoms with Gasteiger partial charge in [0.1, 0.15) is 0 Å². The average Bonchev–Trinajstić information content (AvgIpc) is 3.37. The summed E-state index contributed by atoms with van der Waals surface area (Å²) in [6.45, 7) is 5.89. The van der Waals surface area contributed by atoms with E-state index in [2.05, 4.69) is 20.3 Å². The molecule has 0 unspecified atom stereocenters. The van der Waals surface area contributed by atoms with Crippen LogP contribution in [-0.4, -0.2) is 39.7 Å². The van der Waals surface area contributed by atoms with E-state index in [1.165, 1.54) is 0 Å². The van der Waals surface area contributed by atoms with Crippen LogP contribution < -0.4 is 16.0 Å². The summed E-state index contributed by atoms with van der Waals surface area (Å²) in [6, 6.07) is 7.13. The number of fused-ring (bicyclic) bond motifs is 1. The van der Waals surface area contributed by atoms with Crippen LogP contribution >= 0.6 is 0 Å². The predicted octanol–water partition coefficient (Wildman–Crippen LogP) is 2.96. The number of hydrogen-bond donors (Lipinski definition) is 2. The first kappa shape index (κ1) is 18.9. The fourth-order valence-corrected chi connectivity index (χ4v) is 3.66. The zero-order valence-corrected chi connectivity index (χ0v) is 16.6. The lowest BCUT2D eigenvalue weighted by atomic mass is 10.1. The summed E-state index contributed by atoms with van der Waals surface area (Å²) in [5, 5.41) is 8.08. The third kappa shape index (κ3) is 3.65. The quantitative estimate of drug-likeness (QED) is 0.694. The first-order valence-electron chi connectivity index (χ1n) is 9.77. The monoisotopic (exact) mass is 392 g/mol. The van der Waals surface area contributed by atoms with Gasteiger partial charge >= 0.3 is 0 Å².